The van der Waals surface area contributed by atoms with Crippen LogP contribution in [0.15, 0.2) is 29.6 Å². The predicted octanol–water partition coefficient (Wildman–Crippen LogP) is 2.96. The van der Waals surface area contributed by atoms with Gasteiger partial charge in [-0.1, -0.05) is 12.1 Å². The SMILES string of the molecule is N#Cc1ccc(-c2csc(CCCCN)n2)cc1. The molecule has 2 rings (SSSR count). The normalized spacial score (nSPS) is 10.2. The molecule has 0 saturated heterocycles. The Morgan fingerprint density at radius 2 is 2.00 bits per heavy atom. The van der Waals surface area contributed by atoms with Crippen LogP contribution >= 0.6 is 11.3 Å². The van der Waals surface area contributed by atoms with Crippen LogP contribution in [0.2, 0.25) is 0 Å². The van der Waals surface area contributed by atoms with Gasteiger partial charge >= 0.3 is 0 Å². The molecule has 18 heavy (non-hydrogen) atoms. The summed E-state index contributed by atoms with van der Waals surface area (Å²) >= 11 is 1.69. The van der Waals surface area contributed by atoms with Gasteiger partial charge in [0.05, 0.1) is 22.3 Å². The van der Waals surface area contributed by atoms with E-state index in [0.29, 0.717) is 5.56 Å². The fourth-order valence-electron chi connectivity index (χ4n) is 1.69. The molecule has 1 aromatic heterocycles. The molecule has 2 N–H and O–H groups in total. The van der Waals surface area contributed by atoms with Crippen molar-refractivity contribution in [3.63, 3.8) is 0 Å². The maximum Gasteiger partial charge on any atom is 0.0991 e. The summed E-state index contributed by atoms with van der Waals surface area (Å²) in [7, 11) is 0. The second-order valence-corrected chi connectivity index (χ2v) is 5.00. The zero-order chi connectivity index (χ0) is 12.8. The third-order valence-electron chi connectivity index (χ3n) is 2.71. The minimum atomic E-state index is 0.678. The Hall–Kier alpha value is -1.70. The van der Waals surface area contributed by atoms with Gasteiger partial charge in [-0.05, 0) is 37.9 Å². The Balaban J connectivity index is 2.06. The molecule has 0 amide bonds. The molecule has 92 valence electrons. The van der Waals surface area contributed by atoms with Crippen LogP contribution in [0.25, 0.3) is 11.3 Å². The van der Waals surface area contributed by atoms with Crippen molar-refractivity contribution in [3.8, 4) is 17.3 Å². The number of aromatic nitrogens is 1. The quantitative estimate of drug-likeness (QED) is 0.838. The van der Waals surface area contributed by atoms with E-state index in [9.17, 15) is 0 Å². The van der Waals surface area contributed by atoms with Crippen molar-refractivity contribution in [2.45, 2.75) is 19.3 Å². The van der Waals surface area contributed by atoms with E-state index in [1.54, 1.807) is 11.3 Å². The second kappa shape index (κ2) is 6.29. The smallest absolute Gasteiger partial charge is 0.0991 e. The maximum absolute atomic E-state index is 8.75. The highest BCUT2D eigenvalue weighted by atomic mass is 32.1. The Labute approximate surface area is 111 Å². The molecule has 0 unspecified atom stereocenters. The molecule has 0 bridgehead atoms. The summed E-state index contributed by atoms with van der Waals surface area (Å²) in [4.78, 5) is 4.60. The number of hydrogen-bond acceptors (Lipinski definition) is 4. The number of hydrogen-bond donors (Lipinski definition) is 1. The van der Waals surface area contributed by atoms with Crippen LogP contribution in [0.3, 0.4) is 0 Å². The fourth-order valence-corrected chi connectivity index (χ4v) is 2.54. The molecule has 0 radical (unpaired) electrons. The average molecular weight is 257 g/mol. The lowest BCUT2D eigenvalue weighted by molar-refractivity contribution is 0.742. The lowest BCUT2D eigenvalue weighted by Gasteiger charge is -1.97. The van der Waals surface area contributed by atoms with E-state index in [-0.39, 0.29) is 0 Å². The van der Waals surface area contributed by atoms with Gasteiger partial charge in [0.15, 0.2) is 0 Å². The van der Waals surface area contributed by atoms with Crippen molar-refractivity contribution in [1.82, 2.24) is 4.98 Å². The number of rotatable bonds is 5. The second-order valence-electron chi connectivity index (χ2n) is 4.06. The van der Waals surface area contributed by atoms with Gasteiger partial charge < -0.3 is 5.73 Å². The van der Waals surface area contributed by atoms with E-state index in [1.807, 2.05) is 24.3 Å². The Morgan fingerprint density at radius 3 is 2.67 bits per heavy atom. The van der Waals surface area contributed by atoms with E-state index >= 15 is 0 Å². The Bertz CT molecular complexity index is 537. The number of unbranched alkanes of at least 4 members (excludes halogenated alkanes) is 1. The first-order valence-electron chi connectivity index (χ1n) is 5.98. The third-order valence-corrected chi connectivity index (χ3v) is 3.61. The van der Waals surface area contributed by atoms with Crippen molar-refractivity contribution in [3.05, 3.63) is 40.2 Å². The molecule has 3 nitrogen and oxygen atoms in total. The molecule has 0 fully saturated rings. The van der Waals surface area contributed by atoms with Gasteiger partial charge in [-0.3, -0.25) is 0 Å². The summed E-state index contributed by atoms with van der Waals surface area (Å²) in [5, 5.41) is 12.0. The molecule has 1 aromatic carbocycles. The standard InChI is InChI=1S/C14H15N3S/c15-8-2-1-3-14-17-13(10-18-14)12-6-4-11(9-16)5-7-12/h4-7,10H,1-3,8,15H2. The number of aryl methyl sites for hydroxylation is 1. The van der Waals surface area contributed by atoms with Gasteiger partial charge in [0.25, 0.3) is 0 Å². The van der Waals surface area contributed by atoms with Crippen LogP contribution in [-0.2, 0) is 6.42 Å². The molecule has 2 aromatic rings. The topological polar surface area (TPSA) is 62.7 Å². The van der Waals surface area contributed by atoms with E-state index in [2.05, 4.69) is 16.4 Å². The van der Waals surface area contributed by atoms with Crippen LogP contribution in [0, 0.1) is 11.3 Å². The lowest BCUT2D eigenvalue weighted by Crippen LogP contribution is -1.98. The van der Waals surface area contributed by atoms with Crippen LogP contribution < -0.4 is 5.73 Å². The molecule has 4 heteroatoms. The number of nitriles is 1. The summed E-state index contributed by atoms with van der Waals surface area (Å²) in [6.45, 7) is 0.744. The molecule has 1 heterocycles. The molecule has 0 aliphatic carbocycles. The summed E-state index contributed by atoms with van der Waals surface area (Å²) in [6, 6.07) is 9.64. The molecule has 0 spiro atoms. The van der Waals surface area contributed by atoms with Gasteiger partial charge in [0.1, 0.15) is 0 Å². The summed E-state index contributed by atoms with van der Waals surface area (Å²) in [5.74, 6) is 0. The van der Waals surface area contributed by atoms with Gasteiger partial charge in [-0.15, -0.1) is 11.3 Å². The van der Waals surface area contributed by atoms with Crippen molar-refractivity contribution in [2.24, 2.45) is 5.73 Å². The first kappa shape index (κ1) is 12.7. The number of nitrogens with zero attached hydrogens (tertiary/aromatic N) is 2. The minimum Gasteiger partial charge on any atom is -0.330 e. The van der Waals surface area contributed by atoms with Crippen molar-refractivity contribution < 1.29 is 0 Å². The van der Waals surface area contributed by atoms with Crippen molar-refractivity contribution in [1.29, 1.82) is 5.26 Å². The third kappa shape index (κ3) is 3.16. The number of nitrogens with two attached hydrogens (primary N) is 1. The average Bonchev–Trinajstić information content (AvgIpc) is 2.88. The Morgan fingerprint density at radius 1 is 1.22 bits per heavy atom. The highest BCUT2D eigenvalue weighted by molar-refractivity contribution is 7.09. The molecule has 0 saturated carbocycles. The van der Waals surface area contributed by atoms with Crippen molar-refractivity contribution >= 4 is 11.3 Å². The van der Waals surface area contributed by atoms with Crippen LogP contribution in [0.5, 0.6) is 0 Å². The number of thiazole rings is 1. The molecule has 0 aliphatic heterocycles. The highest BCUT2D eigenvalue weighted by Crippen LogP contribution is 2.23. The highest BCUT2D eigenvalue weighted by Gasteiger charge is 2.04. The monoisotopic (exact) mass is 257 g/mol. The zero-order valence-corrected chi connectivity index (χ0v) is 10.9. The fraction of sp³-hybridized carbons (Fsp3) is 0.286. The molecular weight excluding hydrogens is 242 g/mol. The van der Waals surface area contributed by atoms with Gasteiger partial charge in [0.2, 0.25) is 0 Å². The van der Waals surface area contributed by atoms with E-state index in [1.165, 1.54) is 0 Å². The van der Waals surface area contributed by atoms with E-state index < -0.39 is 0 Å². The van der Waals surface area contributed by atoms with Crippen molar-refractivity contribution in [2.75, 3.05) is 6.54 Å². The molecular formula is C14H15N3S. The van der Waals surface area contributed by atoms with Crippen LogP contribution in [0.4, 0.5) is 0 Å². The van der Waals surface area contributed by atoms with Crippen LogP contribution in [0.1, 0.15) is 23.4 Å². The summed E-state index contributed by atoms with van der Waals surface area (Å²) in [5.41, 5.74) is 8.21. The van der Waals surface area contributed by atoms with Gasteiger partial charge in [-0.2, -0.15) is 5.26 Å². The largest absolute Gasteiger partial charge is 0.330 e. The zero-order valence-electron chi connectivity index (χ0n) is 10.1. The van der Waals surface area contributed by atoms with Crippen LogP contribution in [-0.4, -0.2) is 11.5 Å². The molecule has 0 aliphatic rings. The van der Waals surface area contributed by atoms with Gasteiger partial charge in [0, 0.05) is 10.9 Å². The van der Waals surface area contributed by atoms with E-state index in [4.69, 9.17) is 11.0 Å². The lowest BCUT2D eigenvalue weighted by atomic mass is 10.1. The predicted molar refractivity (Wildman–Crippen MR) is 74.3 cm³/mol. The maximum atomic E-state index is 8.75. The van der Waals surface area contributed by atoms with Gasteiger partial charge in [-0.25, -0.2) is 4.98 Å². The summed E-state index contributed by atoms with van der Waals surface area (Å²) < 4.78 is 0. The number of benzene rings is 1. The first-order valence-corrected chi connectivity index (χ1v) is 6.86. The molecule has 0 atom stereocenters. The Kier molecular flexibility index (Phi) is 4.46. The van der Waals surface area contributed by atoms with E-state index in [0.717, 1.165) is 42.1 Å². The minimum absolute atomic E-state index is 0.678. The summed E-state index contributed by atoms with van der Waals surface area (Å²) in [6.07, 6.45) is 3.14. The first-order chi connectivity index (χ1) is 8.83.